The number of carboxylic acids is 2. The van der Waals surface area contributed by atoms with Gasteiger partial charge in [-0.25, -0.2) is 9.59 Å². The summed E-state index contributed by atoms with van der Waals surface area (Å²) in [6.45, 7) is 0. The van der Waals surface area contributed by atoms with Crippen LogP contribution in [0.15, 0.2) is 54.3 Å². The summed E-state index contributed by atoms with van der Waals surface area (Å²) in [6.07, 6.45) is 4.31. The summed E-state index contributed by atoms with van der Waals surface area (Å²) in [6, 6.07) is 8.93. The third kappa shape index (κ3) is 2.35. The van der Waals surface area contributed by atoms with Gasteiger partial charge in [0.2, 0.25) is 0 Å². The molecular weight excluding hydrogens is 246 g/mol. The van der Waals surface area contributed by atoms with Crippen molar-refractivity contribution in [1.29, 1.82) is 0 Å². The third-order valence-electron chi connectivity index (χ3n) is 3.06. The Kier molecular flexibility index (Phi) is 3.37. The molecule has 0 radical (unpaired) electrons. The van der Waals surface area contributed by atoms with Crippen molar-refractivity contribution in [3.05, 3.63) is 59.8 Å². The highest BCUT2D eigenvalue weighted by Gasteiger charge is 2.45. The van der Waals surface area contributed by atoms with Crippen LogP contribution in [0.3, 0.4) is 0 Å². The van der Waals surface area contributed by atoms with E-state index in [0.717, 1.165) is 5.56 Å². The van der Waals surface area contributed by atoms with Crippen molar-refractivity contribution < 1.29 is 19.8 Å². The summed E-state index contributed by atoms with van der Waals surface area (Å²) >= 11 is 0. The Labute approximate surface area is 109 Å². The predicted molar refractivity (Wildman–Crippen MR) is 68.5 cm³/mol. The lowest BCUT2D eigenvalue weighted by Gasteiger charge is -2.32. The molecule has 5 nitrogen and oxygen atoms in total. The molecule has 1 aliphatic rings. The molecule has 1 heterocycles. The first-order valence-corrected chi connectivity index (χ1v) is 5.72. The molecule has 0 bridgehead atoms. The fraction of sp³-hybridized carbons (Fsp3) is 0.143. The Balaban J connectivity index is 2.44. The Morgan fingerprint density at radius 1 is 1.16 bits per heavy atom. The summed E-state index contributed by atoms with van der Waals surface area (Å²) < 4.78 is 0. The summed E-state index contributed by atoms with van der Waals surface area (Å²) in [5, 5.41) is 21.3. The van der Waals surface area contributed by atoms with Crippen LogP contribution in [0.2, 0.25) is 0 Å². The molecule has 3 N–H and O–H groups in total. The number of nitrogens with one attached hydrogen (secondary N) is 1. The average Bonchev–Trinajstić information content (AvgIpc) is 2.40. The lowest BCUT2D eigenvalue weighted by atomic mass is 9.82. The number of carboxylic acid groups (broad SMARTS) is 2. The Morgan fingerprint density at radius 3 is 2.42 bits per heavy atom. The highest BCUT2D eigenvalue weighted by molar-refractivity contribution is 6.00. The molecule has 0 aliphatic carbocycles. The van der Waals surface area contributed by atoms with Gasteiger partial charge in [0.15, 0.2) is 5.54 Å². The predicted octanol–water partition coefficient (Wildman–Crippen LogP) is 1.18. The van der Waals surface area contributed by atoms with E-state index in [0.29, 0.717) is 0 Å². The van der Waals surface area contributed by atoms with E-state index in [4.69, 9.17) is 0 Å². The highest BCUT2D eigenvalue weighted by atomic mass is 16.4. The smallest absolute Gasteiger partial charge is 0.334 e. The van der Waals surface area contributed by atoms with E-state index < -0.39 is 17.5 Å². The maximum absolute atomic E-state index is 11.6. The molecule has 19 heavy (non-hydrogen) atoms. The standard InChI is InChI=1S/C14H13NO4/c16-12(17)11-7-4-8-15-14(11,13(18)19)9-10-5-2-1-3-6-10/h1-8,15H,9H2,(H,16,17)(H,18,19). The second-order valence-corrected chi connectivity index (χ2v) is 4.26. The molecule has 1 aromatic rings. The van der Waals surface area contributed by atoms with Crippen LogP contribution >= 0.6 is 0 Å². The molecule has 1 unspecified atom stereocenters. The van der Waals surface area contributed by atoms with Crippen molar-refractivity contribution in [2.75, 3.05) is 0 Å². The van der Waals surface area contributed by atoms with Crippen LogP contribution in [0.4, 0.5) is 0 Å². The molecule has 2 rings (SSSR count). The first-order chi connectivity index (χ1) is 9.06. The molecule has 0 fully saturated rings. The van der Waals surface area contributed by atoms with Crippen molar-refractivity contribution in [2.45, 2.75) is 12.0 Å². The van der Waals surface area contributed by atoms with Crippen LogP contribution in [-0.4, -0.2) is 27.7 Å². The first-order valence-electron chi connectivity index (χ1n) is 5.72. The molecule has 0 saturated carbocycles. The van der Waals surface area contributed by atoms with Crippen LogP contribution in [0, 0.1) is 0 Å². The van der Waals surface area contributed by atoms with Crippen molar-refractivity contribution in [3.63, 3.8) is 0 Å². The molecule has 98 valence electrons. The summed E-state index contributed by atoms with van der Waals surface area (Å²) in [7, 11) is 0. The topological polar surface area (TPSA) is 86.6 Å². The zero-order valence-corrected chi connectivity index (χ0v) is 10.0. The van der Waals surface area contributed by atoms with Gasteiger partial charge < -0.3 is 15.5 Å². The molecule has 1 aliphatic heterocycles. The van der Waals surface area contributed by atoms with Gasteiger partial charge in [0, 0.05) is 6.42 Å². The summed E-state index contributed by atoms with van der Waals surface area (Å²) in [4.78, 5) is 22.9. The molecule has 5 heteroatoms. The van der Waals surface area contributed by atoms with Crippen LogP contribution in [0.25, 0.3) is 0 Å². The summed E-state index contributed by atoms with van der Waals surface area (Å²) in [5.74, 6) is -2.45. The van der Waals surface area contributed by atoms with Gasteiger partial charge in [0.25, 0.3) is 0 Å². The number of hydrogen-bond acceptors (Lipinski definition) is 3. The maximum atomic E-state index is 11.6. The van der Waals surface area contributed by atoms with Gasteiger partial charge in [0.05, 0.1) is 5.57 Å². The van der Waals surface area contributed by atoms with Crippen LogP contribution < -0.4 is 5.32 Å². The van der Waals surface area contributed by atoms with Crippen LogP contribution in [0.1, 0.15) is 5.56 Å². The van der Waals surface area contributed by atoms with E-state index in [1.165, 1.54) is 18.4 Å². The largest absolute Gasteiger partial charge is 0.479 e. The van der Waals surface area contributed by atoms with Crippen LogP contribution in [-0.2, 0) is 16.0 Å². The van der Waals surface area contributed by atoms with Crippen molar-refractivity contribution in [2.24, 2.45) is 0 Å². The Bertz CT molecular complexity index is 562. The maximum Gasteiger partial charge on any atom is 0.334 e. The van der Waals surface area contributed by atoms with E-state index in [2.05, 4.69) is 5.32 Å². The zero-order valence-electron chi connectivity index (χ0n) is 10.0. The first kappa shape index (κ1) is 12.9. The minimum absolute atomic E-state index is 0.0612. The van der Waals surface area contributed by atoms with E-state index in [1.54, 1.807) is 24.3 Å². The molecular formula is C14H13NO4. The highest BCUT2D eigenvalue weighted by Crippen LogP contribution is 2.26. The van der Waals surface area contributed by atoms with Gasteiger partial charge in [-0.05, 0) is 23.9 Å². The molecule has 1 atom stereocenters. The average molecular weight is 259 g/mol. The van der Waals surface area contributed by atoms with Gasteiger partial charge in [-0.3, -0.25) is 0 Å². The fourth-order valence-electron chi connectivity index (χ4n) is 2.11. The van der Waals surface area contributed by atoms with Crippen molar-refractivity contribution >= 4 is 11.9 Å². The molecule has 1 aromatic carbocycles. The minimum Gasteiger partial charge on any atom is -0.479 e. The number of dihydropyridines is 1. The molecule has 0 amide bonds. The van der Waals surface area contributed by atoms with Crippen molar-refractivity contribution in [1.82, 2.24) is 5.32 Å². The molecule has 0 aromatic heterocycles. The SMILES string of the molecule is O=C(O)C1=CC=CNC1(Cc1ccccc1)C(=O)O. The van der Waals surface area contributed by atoms with E-state index in [9.17, 15) is 19.8 Å². The fourth-order valence-corrected chi connectivity index (χ4v) is 2.11. The van der Waals surface area contributed by atoms with E-state index >= 15 is 0 Å². The Hall–Kier alpha value is -2.56. The van der Waals surface area contributed by atoms with Gasteiger partial charge in [-0.15, -0.1) is 0 Å². The normalized spacial score (nSPS) is 21.4. The second kappa shape index (κ2) is 4.97. The van der Waals surface area contributed by atoms with E-state index in [-0.39, 0.29) is 12.0 Å². The lowest BCUT2D eigenvalue weighted by Crippen LogP contribution is -2.55. The van der Waals surface area contributed by atoms with E-state index in [1.807, 2.05) is 6.07 Å². The molecule has 0 spiro atoms. The number of benzene rings is 1. The number of rotatable bonds is 4. The van der Waals surface area contributed by atoms with Crippen molar-refractivity contribution in [3.8, 4) is 0 Å². The zero-order chi connectivity index (χ0) is 13.9. The number of aliphatic carboxylic acids is 2. The molecule has 0 saturated heterocycles. The lowest BCUT2D eigenvalue weighted by molar-refractivity contribution is -0.146. The third-order valence-corrected chi connectivity index (χ3v) is 3.06. The van der Waals surface area contributed by atoms with Gasteiger partial charge >= 0.3 is 11.9 Å². The second-order valence-electron chi connectivity index (χ2n) is 4.26. The number of allylic oxidation sites excluding steroid dienone is 2. The van der Waals surface area contributed by atoms with Gasteiger partial charge in [-0.1, -0.05) is 30.3 Å². The van der Waals surface area contributed by atoms with Crippen LogP contribution in [0.5, 0.6) is 0 Å². The van der Waals surface area contributed by atoms with Gasteiger partial charge in [-0.2, -0.15) is 0 Å². The minimum atomic E-state index is -1.64. The monoisotopic (exact) mass is 259 g/mol. The van der Waals surface area contributed by atoms with Gasteiger partial charge in [0.1, 0.15) is 0 Å². The number of hydrogen-bond donors (Lipinski definition) is 3. The quantitative estimate of drug-likeness (QED) is 0.756. The Morgan fingerprint density at radius 2 is 1.84 bits per heavy atom. The summed E-state index contributed by atoms with van der Waals surface area (Å²) in [5.41, 5.74) is -1.06. The number of carbonyl (C=O) groups is 2.